The van der Waals surface area contributed by atoms with Gasteiger partial charge in [-0.3, -0.25) is 0 Å². The van der Waals surface area contributed by atoms with Crippen LogP contribution in [-0.4, -0.2) is 6.54 Å². The molecular weight excluding hydrogens is 126 g/mol. The molecule has 0 aromatic rings. The summed E-state index contributed by atoms with van der Waals surface area (Å²) in [5.74, 6) is 0. The molecule has 0 bridgehead atoms. The van der Waals surface area contributed by atoms with Crippen LogP contribution < -0.4 is 5.73 Å². The van der Waals surface area contributed by atoms with Gasteiger partial charge in [-0.25, -0.2) is 0 Å². The van der Waals surface area contributed by atoms with Gasteiger partial charge in [0.2, 0.25) is 0 Å². The van der Waals surface area contributed by atoms with Gasteiger partial charge in [-0.15, -0.1) is 6.54 Å². The molecule has 6 heavy (non-hydrogen) atoms. The van der Waals surface area contributed by atoms with Crippen LogP contribution in [0.4, 0.5) is 0 Å². The molecule has 47 valence electrons. The molecule has 1 nitrogen and oxygen atoms in total. The first-order valence-electron chi connectivity index (χ1n) is 0.908. The van der Waals surface area contributed by atoms with E-state index in [1.165, 1.54) is 0 Å². The van der Waals surface area contributed by atoms with Crippen LogP contribution >= 0.6 is 0 Å². The number of hydrogen-bond acceptors (Lipinski definition) is 1. The molecule has 0 unspecified atom stereocenters. The summed E-state index contributed by atoms with van der Waals surface area (Å²) >= 11 is 0. The van der Waals surface area contributed by atoms with Crippen LogP contribution in [0.2, 0.25) is 0 Å². The molecule has 0 heterocycles. The normalized spacial score (nSPS) is 3.00. The smallest absolute Gasteiger partial charge is 0 e. The average Bonchev–Trinajstić information content (AvgIpc) is 0.918. The first kappa shape index (κ1) is 31.6. The van der Waals surface area contributed by atoms with Gasteiger partial charge in [0.25, 0.3) is 0 Å². The van der Waals surface area contributed by atoms with Gasteiger partial charge < -0.3 is 27.5 Å². The molecule has 2 N–H and O–H groups in total. The van der Waals surface area contributed by atoms with Gasteiger partial charge in [0.1, 0.15) is 0 Å². The van der Waals surface area contributed by atoms with E-state index in [-0.39, 0.29) is 31.9 Å². The van der Waals surface area contributed by atoms with E-state index in [2.05, 4.69) is 6.92 Å². The summed E-state index contributed by atoms with van der Waals surface area (Å²) in [6.45, 7) is 3.76. The number of nitrogens with two attached hydrogens (primary N) is 1. The molecule has 0 aliphatic rings. The van der Waals surface area contributed by atoms with E-state index in [1.54, 1.807) is 0 Å². The minimum Gasteiger partial charge on any atom is -0.360 e. The fourth-order valence-electron chi connectivity index (χ4n) is 0. The van der Waals surface area contributed by atoms with Crippen LogP contribution in [-0.2, 0) is 17.1 Å². The minimum absolute atomic E-state index is 0. The summed E-state index contributed by atoms with van der Waals surface area (Å²) < 4.78 is 0. The molecule has 0 aliphatic heterocycles. The summed E-state index contributed by atoms with van der Waals surface area (Å²) in [6, 6.07) is 0. The molecule has 0 saturated carbocycles. The first-order valence-corrected chi connectivity index (χ1v) is 0.908. The molecule has 0 atom stereocenters. The van der Waals surface area contributed by atoms with Crippen LogP contribution in [0, 0.1) is 21.8 Å². The summed E-state index contributed by atoms with van der Waals surface area (Å²) in [4.78, 5) is 0. The Morgan fingerprint density at radius 3 is 1.33 bits per heavy atom. The average molecular weight is 138 g/mol. The third-order valence-corrected chi connectivity index (χ3v) is 0. The van der Waals surface area contributed by atoms with Gasteiger partial charge in [-0.2, -0.15) is 0 Å². The zero-order valence-corrected chi connectivity index (χ0v) is 5.23. The van der Waals surface area contributed by atoms with Gasteiger partial charge >= 0.3 is 0 Å². The standard InChI is InChI=1S/C2H6N.2CH3.Cu/c1-2-3;;;/h1-3H2;2*1H3;/q3*-1;. The molecule has 0 saturated heterocycles. The largest absolute Gasteiger partial charge is 0.360 e. The van der Waals surface area contributed by atoms with E-state index in [4.69, 9.17) is 5.73 Å². The van der Waals surface area contributed by atoms with E-state index >= 15 is 0 Å². The fourth-order valence-corrected chi connectivity index (χ4v) is 0. The molecule has 0 aliphatic carbocycles. The van der Waals surface area contributed by atoms with Crippen molar-refractivity contribution < 1.29 is 17.1 Å². The van der Waals surface area contributed by atoms with E-state index in [9.17, 15) is 0 Å². The van der Waals surface area contributed by atoms with Gasteiger partial charge in [-0.1, -0.05) is 0 Å². The summed E-state index contributed by atoms with van der Waals surface area (Å²) in [6.07, 6.45) is 0. The third-order valence-electron chi connectivity index (χ3n) is 0. The Kier molecular flexibility index (Phi) is 265. The van der Waals surface area contributed by atoms with Crippen LogP contribution in [0.1, 0.15) is 0 Å². The van der Waals surface area contributed by atoms with Gasteiger partial charge in [0.15, 0.2) is 0 Å². The van der Waals surface area contributed by atoms with Crippen LogP contribution in [0.3, 0.4) is 0 Å². The Labute approximate surface area is 51.8 Å². The van der Waals surface area contributed by atoms with Gasteiger partial charge in [-0.05, 0) is 0 Å². The van der Waals surface area contributed by atoms with E-state index in [0.29, 0.717) is 6.54 Å². The molecule has 0 amide bonds. The van der Waals surface area contributed by atoms with Crippen LogP contribution in [0.15, 0.2) is 0 Å². The summed E-state index contributed by atoms with van der Waals surface area (Å²) in [7, 11) is 0. The second-order valence-corrected chi connectivity index (χ2v) is 0.289. The van der Waals surface area contributed by atoms with Gasteiger partial charge in [0, 0.05) is 17.1 Å². The molecule has 2 heteroatoms. The summed E-state index contributed by atoms with van der Waals surface area (Å²) in [5, 5.41) is 0. The Balaban J connectivity index is -0.00000000667. The second-order valence-electron chi connectivity index (χ2n) is 0.289. The van der Waals surface area contributed by atoms with Crippen molar-refractivity contribution in [3.63, 3.8) is 0 Å². The first-order chi connectivity index (χ1) is 1.41. The maximum absolute atomic E-state index is 4.74. The molecular formula is C4H12CuN-3. The van der Waals surface area contributed by atoms with Crippen molar-refractivity contribution in [3.8, 4) is 0 Å². The quantitative estimate of drug-likeness (QED) is 0.386. The fraction of sp³-hybridized carbons (Fsp3) is 0.250. The molecule has 1 radical (unpaired) electrons. The van der Waals surface area contributed by atoms with Crippen molar-refractivity contribution in [2.24, 2.45) is 5.73 Å². The van der Waals surface area contributed by atoms with Crippen molar-refractivity contribution in [3.05, 3.63) is 21.8 Å². The van der Waals surface area contributed by atoms with Crippen LogP contribution in [0.25, 0.3) is 0 Å². The van der Waals surface area contributed by atoms with Crippen molar-refractivity contribution >= 4 is 0 Å². The Morgan fingerprint density at radius 1 is 1.33 bits per heavy atom. The van der Waals surface area contributed by atoms with Crippen molar-refractivity contribution in [1.29, 1.82) is 0 Å². The Morgan fingerprint density at radius 2 is 1.33 bits per heavy atom. The zero-order chi connectivity index (χ0) is 2.71. The maximum atomic E-state index is 4.74. The van der Waals surface area contributed by atoms with E-state index in [1.807, 2.05) is 0 Å². The van der Waals surface area contributed by atoms with Crippen molar-refractivity contribution in [2.45, 2.75) is 0 Å². The Bertz CT molecular complexity index is 7.51. The predicted octanol–water partition coefficient (Wildman–Crippen LogP) is 0.677. The van der Waals surface area contributed by atoms with Crippen LogP contribution in [0.5, 0.6) is 0 Å². The van der Waals surface area contributed by atoms with Gasteiger partial charge in [0.05, 0.1) is 0 Å². The third kappa shape index (κ3) is 236. The van der Waals surface area contributed by atoms with E-state index in [0.717, 1.165) is 0 Å². The topological polar surface area (TPSA) is 26.0 Å². The van der Waals surface area contributed by atoms with Crippen molar-refractivity contribution in [2.75, 3.05) is 6.54 Å². The molecule has 0 aromatic heterocycles. The second kappa shape index (κ2) is 50.2. The molecule has 0 spiro atoms. The molecule has 0 fully saturated rings. The predicted molar refractivity (Wildman–Crippen MR) is 27.2 cm³/mol. The van der Waals surface area contributed by atoms with Crippen molar-refractivity contribution in [1.82, 2.24) is 0 Å². The number of rotatable bonds is 0. The summed E-state index contributed by atoms with van der Waals surface area (Å²) in [5.41, 5.74) is 4.74. The van der Waals surface area contributed by atoms with E-state index < -0.39 is 0 Å². The molecule has 0 rings (SSSR count). The maximum Gasteiger partial charge on any atom is 0 e. The SMILES string of the molecule is [CH2-]CN.[CH3-].[CH3-].[Cu]. The zero-order valence-electron chi connectivity index (χ0n) is 4.29. The minimum atomic E-state index is 0. The monoisotopic (exact) mass is 137 g/mol. The molecule has 0 aromatic carbocycles. The number of hydrogen-bond donors (Lipinski definition) is 1. The Hall–Kier alpha value is 0.479.